The summed E-state index contributed by atoms with van der Waals surface area (Å²) in [6.45, 7) is -0.203. The third kappa shape index (κ3) is 5.87. The molecule has 0 saturated heterocycles. The van der Waals surface area contributed by atoms with E-state index in [1.807, 2.05) is 30.3 Å². The van der Waals surface area contributed by atoms with Gasteiger partial charge in [0.05, 0.1) is 6.21 Å². The molecule has 0 saturated carbocycles. The van der Waals surface area contributed by atoms with Crippen molar-refractivity contribution in [2.75, 3.05) is 11.9 Å². The fraction of sp³-hybridized carbons (Fsp3) is 0.0769. The predicted molar refractivity (Wildman–Crippen MR) is 128 cm³/mol. The molecule has 1 amide bonds. The van der Waals surface area contributed by atoms with Crippen LogP contribution in [0.2, 0.25) is 5.02 Å². The van der Waals surface area contributed by atoms with Crippen LogP contribution in [0.3, 0.4) is 0 Å². The van der Waals surface area contributed by atoms with Gasteiger partial charge in [-0.1, -0.05) is 65.3 Å². The number of nitrogens with one attached hydrogen (secondary N) is 1. The average Bonchev–Trinajstić information content (AvgIpc) is 2.83. The van der Waals surface area contributed by atoms with Gasteiger partial charge in [0, 0.05) is 21.8 Å². The van der Waals surface area contributed by atoms with Crippen molar-refractivity contribution in [3.63, 3.8) is 0 Å². The largest absolute Gasteiger partial charge is 0.488 e. The van der Waals surface area contributed by atoms with Gasteiger partial charge in [0.15, 0.2) is 6.61 Å². The molecule has 33 heavy (non-hydrogen) atoms. The molecule has 0 atom stereocenters. The lowest BCUT2D eigenvalue weighted by molar-refractivity contribution is -0.120. The van der Waals surface area contributed by atoms with Crippen LogP contribution < -0.4 is 10.1 Å². The number of anilines is 1. The van der Waals surface area contributed by atoms with E-state index in [1.165, 1.54) is 12.3 Å². The van der Waals surface area contributed by atoms with Crippen LogP contribution in [0.15, 0.2) is 90.1 Å². The van der Waals surface area contributed by atoms with E-state index in [2.05, 4.69) is 10.5 Å². The third-order valence-corrected chi connectivity index (χ3v) is 5.10. The normalized spacial score (nSPS) is 11.0. The fourth-order valence-corrected chi connectivity index (χ4v) is 3.35. The molecule has 0 aromatic heterocycles. The lowest BCUT2D eigenvalue weighted by Crippen LogP contribution is -2.16. The number of fused-ring (bicyclic) bond motifs is 1. The molecule has 0 aliphatic heterocycles. The molecule has 0 aliphatic carbocycles. The predicted octanol–water partition coefficient (Wildman–Crippen LogP) is 6.20. The highest BCUT2D eigenvalue weighted by molar-refractivity contribution is 6.30. The van der Waals surface area contributed by atoms with Crippen LogP contribution in [0.5, 0.6) is 5.75 Å². The number of ether oxygens (including phenoxy) is 1. The SMILES string of the molecule is O=C(CO/N=C/c1c(OCc2ccccc2F)ccc2ccccc12)Nc1ccc(Cl)cc1. The number of nitrogens with zero attached hydrogens (tertiary/aromatic N) is 1. The smallest absolute Gasteiger partial charge is 0.265 e. The zero-order chi connectivity index (χ0) is 23.0. The van der Waals surface area contributed by atoms with Gasteiger partial charge in [-0.15, -0.1) is 0 Å². The highest BCUT2D eigenvalue weighted by Crippen LogP contribution is 2.27. The lowest BCUT2D eigenvalue weighted by Gasteiger charge is -2.12. The lowest BCUT2D eigenvalue weighted by atomic mass is 10.0. The van der Waals surface area contributed by atoms with Gasteiger partial charge in [0.25, 0.3) is 5.91 Å². The fourth-order valence-electron chi connectivity index (χ4n) is 3.22. The summed E-state index contributed by atoms with van der Waals surface area (Å²) in [4.78, 5) is 17.3. The van der Waals surface area contributed by atoms with E-state index in [4.69, 9.17) is 21.2 Å². The minimum atomic E-state index is -0.358. The molecule has 0 bridgehead atoms. The van der Waals surface area contributed by atoms with Crippen LogP contribution in [-0.2, 0) is 16.2 Å². The first-order chi connectivity index (χ1) is 16.1. The van der Waals surface area contributed by atoms with Crippen molar-refractivity contribution in [1.82, 2.24) is 0 Å². The van der Waals surface area contributed by atoms with Gasteiger partial charge in [0.1, 0.15) is 18.2 Å². The molecule has 1 N–H and O–H groups in total. The van der Waals surface area contributed by atoms with E-state index in [1.54, 1.807) is 48.5 Å². The summed E-state index contributed by atoms with van der Waals surface area (Å²) in [7, 11) is 0. The Morgan fingerprint density at radius 3 is 2.55 bits per heavy atom. The molecule has 0 unspecified atom stereocenters. The molecule has 166 valence electrons. The maximum absolute atomic E-state index is 14.0. The molecule has 0 heterocycles. The van der Waals surface area contributed by atoms with Crippen LogP contribution >= 0.6 is 11.6 Å². The highest BCUT2D eigenvalue weighted by Gasteiger charge is 2.10. The molecule has 0 aliphatic rings. The zero-order valence-electron chi connectivity index (χ0n) is 17.5. The summed E-state index contributed by atoms with van der Waals surface area (Å²) in [5.74, 6) is -0.165. The van der Waals surface area contributed by atoms with E-state index in [9.17, 15) is 9.18 Å². The van der Waals surface area contributed by atoms with Crippen LogP contribution in [-0.4, -0.2) is 18.7 Å². The summed E-state index contributed by atoms with van der Waals surface area (Å²) in [5, 5.41) is 9.11. The highest BCUT2D eigenvalue weighted by atomic mass is 35.5. The summed E-state index contributed by atoms with van der Waals surface area (Å²) in [6, 6.07) is 24.7. The number of amides is 1. The molecular weight excluding hydrogens is 443 g/mol. The monoisotopic (exact) mass is 462 g/mol. The Balaban J connectivity index is 1.46. The molecule has 7 heteroatoms. The van der Waals surface area contributed by atoms with Gasteiger partial charge in [-0.25, -0.2) is 4.39 Å². The Hall–Kier alpha value is -3.90. The van der Waals surface area contributed by atoms with E-state index in [0.717, 1.165) is 10.8 Å². The number of hydrogen-bond acceptors (Lipinski definition) is 4. The van der Waals surface area contributed by atoms with Gasteiger partial charge in [-0.3, -0.25) is 4.79 Å². The molecule has 4 aromatic rings. The number of halogens is 2. The van der Waals surface area contributed by atoms with E-state index in [-0.39, 0.29) is 24.9 Å². The Morgan fingerprint density at radius 2 is 1.73 bits per heavy atom. The van der Waals surface area contributed by atoms with Crippen LogP contribution in [0.4, 0.5) is 10.1 Å². The Labute approximate surface area is 195 Å². The Morgan fingerprint density at radius 1 is 0.970 bits per heavy atom. The second-order valence-electron chi connectivity index (χ2n) is 7.14. The van der Waals surface area contributed by atoms with Crippen molar-refractivity contribution in [3.8, 4) is 5.75 Å². The number of carbonyl (C=O) groups is 1. The number of benzene rings is 4. The van der Waals surface area contributed by atoms with Crippen molar-refractivity contribution in [1.29, 1.82) is 0 Å². The molecular formula is C26H20ClFN2O3. The second kappa shape index (κ2) is 10.6. The second-order valence-corrected chi connectivity index (χ2v) is 7.58. The van der Waals surface area contributed by atoms with Crippen LogP contribution in [0, 0.1) is 5.82 Å². The van der Waals surface area contributed by atoms with Crippen molar-refractivity contribution in [2.45, 2.75) is 6.61 Å². The molecule has 0 radical (unpaired) electrons. The molecule has 5 nitrogen and oxygen atoms in total. The zero-order valence-corrected chi connectivity index (χ0v) is 18.3. The van der Waals surface area contributed by atoms with Gasteiger partial charge in [0.2, 0.25) is 0 Å². The molecule has 0 fully saturated rings. The van der Waals surface area contributed by atoms with Crippen molar-refractivity contribution in [3.05, 3.63) is 107 Å². The van der Waals surface area contributed by atoms with Crippen molar-refractivity contribution >= 4 is 40.2 Å². The van der Waals surface area contributed by atoms with Crippen molar-refractivity contribution < 1.29 is 18.8 Å². The standard InChI is InChI=1S/C26H20ClFN2O3/c27-20-10-12-21(13-11-20)30-26(31)17-33-29-15-23-22-7-3-1-5-18(22)9-14-25(23)32-16-19-6-2-4-8-24(19)28/h1-15H,16-17H2,(H,30,31)/b29-15+. The summed E-state index contributed by atoms with van der Waals surface area (Å²) < 4.78 is 19.9. The number of oxime groups is 1. The number of carbonyl (C=O) groups excluding carboxylic acids is 1. The minimum Gasteiger partial charge on any atom is -0.488 e. The van der Waals surface area contributed by atoms with E-state index in [0.29, 0.717) is 27.6 Å². The molecule has 4 aromatic carbocycles. The first-order valence-corrected chi connectivity index (χ1v) is 10.6. The Kier molecular flexibility index (Phi) is 7.17. The quantitative estimate of drug-likeness (QED) is 0.250. The average molecular weight is 463 g/mol. The van der Waals surface area contributed by atoms with E-state index >= 15 is 0 Å². The molecule has 0 spiro atoms. The molecule has 4 rings (SSSR count). The Bertz CT molecular complexity index is 1290. The first kappa shape index (κ1) is 22.3. The number of rotatable bonds is 8. The summed E-state index contributed by atoms with van der Waals surface area (Å²) in [5.41, 5.74) is 1.72. The maximum Gasteiger partial charge on any atom is 0.265 e. The van der Waals surface area contributed by atoms with Crippen LogP contribution in [0.25, 0.3) is 10.8 Å². The maximum atomic E-state index is 14.0. The first-order valence-electron chi connectivity index (χ1n) is 10.2. The van der Waals surface area contributed by atoms with Gasteiger partial charge in [-0.2, -0.15) is 0 Å². The summed E-state index contributed by atoms with van der Waals surface area (Å²) >= 11 is 5.84. The minimum absolute atomic E-state index is 0.0657. The number of hydrogen-bond donors (Lipinski definition) is 1. The third-order valence-electron chi connectivity index (χ3n) is 4.85. The topological polar surface area (TPSA) is 59.9 Å². The van der Waals surface area contributed by atoms with Gasteiger partial charge in [-0.05, 0) is 47.2 Å². The van der Waals surface area contributed by atoms with Crippen LogP contribution in [0.1, 0.15) is 11.1 Å². The van der Waals surface area contributed by atoms with Gasteiger partial charge >= 0.3 is 0 Å². The summed E-state index contributed by atoms with van der Waals surface area (Å²) in [6.07, 6.45) is 1.49. The van der Waals surface area contributed by atoms with E-state index < -0.39 is 0 Å². The van der Waals surface area contributed by atoms with Gasteiger partial charge < -0.3 is 14.9 Å². The van der Waals surface area contributed by atoms with Crippen molar-refractivity contribution in [2.24, 2.45) is 5.16 Å².